The van der Waals surface area contributed by atoms with Crippen LogP contribution in [0.3, 0.4) is 0 Å². The maximum Gasteiger partial charge on any atom is 0.334 e. The molecule has 1 atom stereocenters. The summed E-state index contributed by atoms with van der Waals surface area (Å²) >= 11 is 0. The van der Waals surface area contributed by atoms with Crippen LogP contribution in [0, 0.1) is 11.6 Å². The lowest BCUT2D eigenvalue weighted by atomic mass is 10.2. The lowest BCUT2D eigenvalue weighted by molar-refractivity contribution is -0.146. The average Bonchev–Trinajstić information content (AvgIpc) is 2.37. The Bertz CT molecular complexity index is 482. The van der Waals surface area contributed by atoms with Crippen molar-refractivity contribution in [3.05, 3.63) is 35.4 Å². The van der Waals surface area contributed by atoms with E-state index in [0.29, 0.717) is 5.56 Å². The zero-order valence-corrected chi connectivity index (χ0v) is 9.69. The van der Waals surface area contributed by atoms with Crippen molar-refractivity contribution in [2.75, 3.05) is 6.54 Å². The van der Waals surface area contributed by atoms with Crippen molar-refractivity contribution >= 4 is 12.0 Å². The van der Waals surface area contributed by atoms with Crippen molar-refractivity contribution in [1.82, 2.24) is 10.6 Å². The van der Waals surface area contributed by atoms with E-state index in [1.807, 2.05) is 0 Å². The first-order chi connectivity index (χ1) is 8.90. The van der Waals surface area contributed by atoms with Gasteiger partial charge in [-0.15, -0.1) is 0 Å². The SMILES string of the molecule is O=C(NCc1ccc(F)c(F)c1)NC[C@H](O)C(=O)O. The van der Waals surface area contributed by atoms with Crippen LogP contribution in [-0.4, -0.2) is 34.9 Å². The fraction of sp³-hybridized carbons (Fsp3) is 0.273. The Morgan fingerprint density at radius 1 is 1.21 bits per heavy atom. The highest BCUT2D eigenvalue weighted by Gasteiger charge is 2.13. The second-order valence-corrected chi connectivity index (χ2v) is 3.67. The number of aliphatic carboxylic acids is 1. The topological polar surface area (TPSA) is 98.7 Å². The van der Waals surface area contributed by atoms with Gasteiger partial charge in [-0.05, 0) is 17.7 Å². The number of hydrogen-bond acceptors (Lipinski definition) is 3. The molecule has 0 aliphatic carbocycles. The highest BCUT2D eigenvalue weighted by atomic mass is 19.2. The zero-order chi connectivity index (χ0) is 14.4. The molecule has 0 bridgehead atoms. The molecule has 104 valence electrons. The van der Waals surface area contributed by atoms with Crippen molar-refractivity contribution in [1.29, 1.82) is 0 Å². The smallest absolute Gasteiger partial charge is 0.334 e. The predicted octanol–water partition coefficient (Wildman–Crippen LogP) is 0.210. The lowest BCUT2D eigenvalue weighted by Gasteiger charge is -2.09. The molecular weight excluding hydrogens is 262 g/mol. The summed E-state index contributed by atoms with van der Waals surface area (Å²) in [7, 11) is 0. The Morgan fingerprint density at radius 2 is 1.89 bits per heavy atom. The Hall–Kier alpha value is -2.22. The minimum atomic E-state index is -1.70. The number of carboxylic acids is 1. The third kappa shape index (κ3) is 4.88. The molecular formula is C11H12F2N2O4. The Labute approximate surface area is 107 Å². The van der Waals surface area contributed by atoms with E-state index in [-0.39, 0.29) is 6.54 Å². The highest BCUT2D eigenvalue weighted by Crippen LogP contribution is 2.08. The van der Waals surface area contributed by atoms with Crippen LogP contribution >= 0.6 is 0 Å². The van der Waals surface area contributed by atoms with Crippen molar-refractivity contribution in [2.45, 2.75) is 12.6 Å². The molecule has 0 fully saturated rings. The molecule has 8 heteroatoms. The summed E-state index contributed by atoms with van der Waals surface area (Å²) in [5, 5.41) is 21.7. The number of aliphatic hydroxyl groups is 1. The van der Waals surface area contributed by atoms with E-state index in [2.05, 4.69) is 10.6 Å². The summed E-state index contributed by atoms with van der Waals surface area (Å²) in [6.07, 6.45) is -1.70. The third-order valence-corrected chi connectivity index (χ3v) is 2.18. The molecule has 19 heavy (non-hydrogen) atoms. The number of halogens is 2. The molecule has 2 amide bonds. The highest BCUT2D eigenvalue weighted by molar-refractivity contribution is 5.76. The number of carbonyl (C=O) groups is 2. The quantitative estimate of drug-likeness (QED) is 0.617. The van der Waals surface area contributed by atoms with Gasteiger partial charge in [0.25, 0.3) is 0 Å². The van der Waals surface area contributed by atoms with Gasteiger partial charge in [0.1, 0.15) is 0 Å². The maximum absolute atomic E-state index is 12.8. The molecule has 1 aromatic rings. The number of rotatable bonds is 5. The molecule has 0 heterocycles. The third-order valence-electron chi connectivity index (χ3n) is 2.18. The maximum atomic E-state index is 12.8. The number of aliphatic hydroxyl groups excluding tert-OH is 1. The lowest BCUT2D eigenvalue weighted by Crippen LogP contribution is -2.41. The molecule has 1 aromatic carbocycles. The number of hydrogen-bond donors (Lipinski definition) is 4. The van der Waals surface area contributed by atoms with Gasteiger partial charge in [-0.3, -0.25) is 0 Å². The van der Waals surface area contributed by atoms with E-state index in [1.54, 1.807) is 0 Å². The Kier molecular flexibility index (Phi) is 5.19. The second-order valence-electron chi connectivity index (χ2n) is 3.67. The van der Waals surface area contributed by atoms with Gasteiger partial charge in [0.05, 0.1) is 6.54 Å². The second kappa shape index (κ2) is 6.64. The van der Waals surface area contributed by atoms with Crippen LogP contribution in [0.15, 0.2) is 18.2 Å². The summed E-state index contributed by atoms with van der Waals surface area (Å²) < 4.78 is 25.5. The van der Waals surface area contributed by atoms with Crippen LogP contribution in [0.1, 0.15) is 5.56 Å². The van der Waals surface area contributed by atoms with Crippen molar-refractivity contribution in [3.63, 3.8) is 0 Å². The van der Waals surface area contributed by atoms with E-state index in [4.69, 9.17) is 10.2 Å². The van der Waals surface area contributed by atoms with Gasteiger partial charge in [-0.1, -0.05) is 6.07 Å². The largest absolute Gasteiger partial charge is 0.479 e. The first-order valence-electron chi connectivity index (χ1n) is 5.26. The summed E-state index contributed by atoms with van der Waals surface area (Å²) in [5.41, 5.74) is 0.341. The summed E-state index contributed by atoms with van der Waals surface area (Å²) in [5.74, 6) is -3.47. The molecule has 0 aliphatic heterocycles. The molecule has 1 rings (SSSR count). The zero-order valence-electron chi connectivity index (χ0n) is 9.69. The van der Waals surface area contributed by atoms with Crippen molar-refractivity contribution in [2.24, 2.45) is 0 Å². The molecule has 4 N–H and O–H groups in total. The van der Waals surface area contributed by atoms with E-state index in [1.165, 1.54) is 6.07 Å². The molecule has 0 saturated carbocycles. The monoisotopic (exact) mass is 274 g/mol. The molecule has 0 aliphatic rings. The standard InChI is InChI=1S/C11H12F2N2O4/c12-7-2-1-6(3-8(7)13)4-14-11(19)15-5-9(16)10(17)18/h1-3,9,16H,4-5H2,(H,17,18)(H2,14,15,19)/t9-/m0/s1. The summed E-state index contributed by atoms with van der Waals surface area (Å²) in [6, 6.07) is 2.43. The fourth-order valence-electron chi connectivity index (χ4n) is 1.17. The first-order valence-corrected chi connectivity index (χ1v) is 5.26. The van der Waals surface area contributed by atoms with E-state index >= 15 is 0 Å². The molecule has 0 radical (unpaired) electrons. The predicted molar refractivity (Wildman–Crippen MR) is 60.2 cm³/mol. The summed E-state index contributed by atoms with van der Waals surface area (Å²) in [4.78, 5) is 21.5. The van der Waals surface area contributed by atoms with E-state index in [9.17, 15) is 18.4 Å². The molecule has 6 nitrogen and oxygen atoms in total. The minimum absolute atomic E-state index is 0.0633. The molecule has 0 spiro atoms. The van der Waals surface area contributed by atoms with Crippen LogP contribution < -0.4 is 10.6 Å². The van der Waals surface area contributed by atoms with Crippen molar-refractivity contribution in [3.8, 4) is 0 Å². The Balaban J connectivity index is 2.37. The first kappa shape index (κ1) is 14.8. The number of amides is 2. The normalized spacial score (nSPS) is 11.7. The van der Waals surface area contributed by atoms with Gasteiger partial charge in [-0.2, -0.15) is 0 Å². The number of carboxylic acid groups (broad SMARTS) is 1. The van der Waals surface area contributed by atoms with Crippen LogP contribution in [0.2, 0.25) is 0 Å². The van der Waals surface area contributed by atoms with E-state index in [0.717, 1.165) is 12.1 Å². The van der Waals surface area contributed by atoms with Gasteiger partial charge >= 0.3 is 12.0 Å². The Morgan fingerprint density at radius 3 is 2.47 bits per heavy atom. The van der Waals surface area contributed by atoms with Crippen LogP contribution in [0.5, 0.6) is 0 Å². The summed E-state index contributed by atoms with van der Waals surface area (Å²) in [6.45, 7) is -0.523. The number of nitrogens with one attached hydrogen (secondary N) is 2. The van der Waals surface area contributed by atoms with Crippen LogP contribution in [0.4, 0.5) is 13.6 Å². The number of urea groups is 1. The minimum Gasteiger partial charge on any atom is -0.479 e. The average molecular weight is 274 g/mol. The molecule has 0 aromatic heterocycles. The van der Waals surface area contributed by atoms with Gasteiger partial charge in [-0.25, -0.2) is 18.4 Å². The van der Waals surface area contributed by atoms with Gasteiger partial charge in [0.15, 0.2) is 17.7 Å². The molecule has 0 unspecified atom stereocenters. The van der Waals surface area contributed by atoms with E-state index < -0.39 is 36.3 Å². The van der Waals surface area contributed by atoms with Gasteiger partial charge in [0, 0.05) is 6.54 Å². The van der Waals surface area contributed by atoms with Crippen molar-refractivity contribution < 1.29 is 28.6 Å². The molecule has 0 saturated heterocycles. The fourth-order valence-corrected chi connectivity index (χ4v) is 1.17. The van der Waals surface area contributed by atoms with Gasteiger partial charge < -0.3 is 20.8 Å². The van der Waals surface area contributed by atoms with Crippen LogP contribution in [0.25, 0.3) is 0 Å². The van der Waals surface area contributed by atoms with Gasteiger partial charge in [0.2, 0.25) is 0 Å². The van der Waals surface area contributed by atoms with Crippen LogP contribution in [-0.2, 0) is 11.3 Å². The number of benzene rings is 1. The number of carbonyl (C=O) groups excluding carboxylic acids is 1.